The molecule has 2 N–H and O–H groups in total. The summed E-state index contributed by atoms with van der Waals surface area (Å²) in [4.78, 5) is 0. The Morgan fingerprint density at radius 2 is 1.86 bits per heavy atom. The number of nitrogens with two attached hydrogens (primary N) is 1. The maximum absolute atomic E-state index is 13.0. The standard InChI is InChI=1S/C8H6BF4N/c1-3-2-4(14)7(10)6(9)5(3)8(11,12)13/h2H,14H2,1H3. The van der Waals surface area contributed by atoms with Gasteiger partial charge < -0.3 is 5.73 Å². The molecule has 1 rings (SSSR count). The fraction of sp³-hybridized carbons (Fsp3) is 0.250. The SMILES string of the molecule is [B]c1c(F)c(N)cc(C)c1C(F)(F)F. The maximum Gasteiger partial charge on any atom is 0.416 e. The van der Waals surface area contributed by atoms with Crippen molar-refractivity contribution < 1.29 is 17.6 Å². The third-order valence-electron chi connectivity index (χ3n) is 1.81. The summed E-state index contributed by atoms with van der Waals surface area (Å²) >= 11 is 0. The van der Waals surface area contributed by atoms with Crippen LogP contribution in [0, 0.1) is 12.7 Å². The van der Waals surface area contributed by atoms with Crippen LogP contribution in [-0.2, 0) is 6.18 Å². The van der Waals surface area contributed by atoms with Gasteiger partial charge in [-0.2, -0.15) is 13.2 Å². The second-order valence-electron chi connectivity index (χ2n) is 2.88. The van der Waals surface area contributed by atoms with Gasteiger partial charge in [0.1, 0.15) is 13.7 Å². The highest BCUT2D eigenvalue weighted by molar-refractivity contribution is 6.34. The Kier molecular flexibility index (Phi) is 2.48. The average Bonchev–Trinajstić information content (AvgIpc) is 1.97. The van der Waals surface area contributed by atoms with E-state index in [2.05, 4.69) is 0 Å². The van der Waals surface area contributed by atoms with Crippen LogP contribution >= 0.6 is 0 Å². The molecule has 0 spiro atoms. The highest BCUT2D eigenvalue weighted by atomic mass is 19.4. The Labute approximate surface area is 79.3 Å². The molecule has 0 saturated carbocycles. The van der Waals surface area contributed by atoms with Crippen molar-refractivity contribution in [2.45, 2.75) is 13.1 Å². The maximum atomic E-state index is 13.0. The third kappa shape index (κ3) is 1.69. The van der Waals surface area contributed by atoms with Crippen molar-refractivity contribution in [2.24, 2.45) is 0 Å². The summed E-state index contributed by atoms with van der Waals surface area (Å²) in [5.41, 5.74) is 2.43. The summed E-state index contributed by atoms with van der Waals surface area (Å²) in [6.07, 6.45) is -4.66. The summed E-state index contributed by atoms with van der Waals surface area (Å²) in [6, 6.07) is 0.911. The van der Waals surface area contributed by atoms with Gasteiger partial charge in [0.25, 0.3) is 0 Å². The van der Waals surface area contributed by atoms with Crippen LogP contribution in [0.25, 0.3) is 0 Å². The number of halogens is 4. The van der Waals surface area contributed by atoms with Gasteiger partial charge in [0.05, 0.1) is 11.3 Å². The molecule has 1 aromatic carbocycles. The molecule has 6 heteroatoms. The normalized spacial score (nSPS) is 11.8. The molecule has 0 aliphatic heterocycles. The van der Waals surface area contributed by atoms with Crippen molar-refractivity contribution >= 4 is 19.0 Å². The smallest absolute Gasteiger partial charge is 0.396 e. The predicted molar refractivity (Wildman–Crippen MR) is 45.9 cm³/mol. The van der Waals surface area contributed by atoms with Crippen molar-refractivity contribution in [1.82, 2.24) is 0 Å². The molecule has 74 valence electrons. The molecular weight excluding hydrogens is 197 g/mol. The lowest BCUT2D eigenvalue weighted by Gasteiger charge is -2.15. The lowest BCUT2D eigenvalue weighted by molar-refractivity contribution is -0.137. The molecule has 0 amide bonds. The van der Waals surface area contributed by atoms with Crippen LogP contribution in [-0.4, -0.2) is 7.85 Å². The Bertz CT molecular complexity index is 373. The van der Waals surface area contributed by atoms with Crippen LogP contribution in [0.2, 0.25) is 0 Å². The summed E-state index contributed by atoms with van der Waals surface area (Å²) in [7, 11) is 5.00. The van der Waals surface area contributed by atoms with Gasteiger partial charge in [0.2, 0.25) is 0 Å². The van der Waals surface area contributed by atoms with Gasteiger partial charge in [-0.1, -0.05) is 0 Å². The fourth-order valence-corrected chi connectivity index (χ4v) is 1.22. The quantitative estimate of drug-likeness (QED) is 0.386. The van der Waals surface area contributed by atoms with Crippen molar-refractivity contribution in [3.8, 4) is 0 Å². The van der Waals surface area contributed by atoms with Gasteiger partial charge in [-0.3, -0.25) is 0 Å². The molecule has 0 saturated heterocycles. The molecule has 2 radical (unpaired) electrons. The van der Waals surface area contributed by atoms with E-state index in [9.17, 15) is 17.6 Å². The van der Waals surface area contributed by atoms with Gasteiger partial charge in [0.15, 0.2) is 0 Å². The number of benzene rings is 1. The molecule has 0 fully saturated rings. The van der Waals surface area contributed by atoms with Gasteiger partial charge in [0, 0.05) is 0 Å². The highest BCUT2D eigenvalue weighted by Crippen LogP contribution is 2.31. The summed E-state index contributed by atoms with van der Waals surface area (Å²) in [5, 5.41) is 0. The third-order valence-corrected chi connectivity index (χ3v) is 1.81. The molecule has 0 heterocycles. The van der Waals surface area contributed by atoms with Gasteiger partial charge in [-0.15, -0.1) is 0 Å². The van der Waals surface area contributed by atoms with Crippen LogP contribution < -0.4 is 11.2 Å². The van der Waals surface area contributed by atoms with E-state index in [1.54, 1.807) is 0 Å². The molecule has 1 aromatic rings. The van der Waals surface area contributed by atoms with E-state index in [0.29, 0.717) is 0 Å². The lowest BCUT2D eigenvalue weighted by Crippen LogP contribution is -2.25. The number of nitrogen functional groups attached to an aromatic ring is 1. The largest absolute Gasteiger partial charge is 0.416 e. The predicted octanol–water partition coefficient (Wildman–Crippen LogP) is 1.53. The Hall–Kier alpha value is -1.20. The Morgan fingerprint density at radius 1 is 1.36 bits per heavy atom. The number of anilines is 1. The van der Waals surface area contributed by atoms with Crippen molar-refractivity contribution in [3.63, 3.8) is 0 Å². The fourth-order valence-electron chi connectivity index (χ4n) is 1.22. The lowest BCUT2D eigenvalue weighted by atomic mass is 9.86. The topological polar surface area (TPSA) is 26.0 Å². The minimum Gasteiger partial charge on any atom is -0.396 e. The molecule has 1 nitrogen and oxygen atoms in total. The summed E-state index contributed by atoms with van der Waals surface area (Å²) in [5.74, 6) is -1.22. The summed E-state index contributed by atoms with van der Waals surface area (Å²) < 4.78 is 50.0. The first-order chi connectivity index (χ1) is 6.25. The Morgan fingerprint density at radius 3 is 2.29 bits per heavy atom. The number of alkyl halides is 3. The molecule has 0 aliphatic rings. The first-order valence-corrected chi connectivity index (χ1v) is 3.66. The number of rotatable bonds is 0. The molecule has 0 aromatic heterocycles. The molecular formula is C8H6BF4N. The zero-order valence-corrected chi connectivity index (χ0v) is 7.24. The molecule has 0 atom stereocenters. The van der Waals surface area contributed by atoms with Crippen LogP contribution in [0.3, 0.4) is 0 Å². The minimum absolute atomic E-state index is 0.186. The van der Waals surface area contributed by atoms with Gasteiger partial charge >= 0.3 is 6.18 Å². The first kappa shape index (κ1) is 10.9. The van der Waals surface area contributed by atoms with E-state index in [-0.39, 0.29) is 11.3 Å². The van der Waals surface area contributed by atoms with E-state index in [1.807, 2.05) is 0 Å². The van der Waals surface area contributed by atoms with Crippen molar-refractivity contribution in [3.05, 3.63) is 23.0 Å². The Balaban J connectivity index is 3.53. The average molecular weight is 203 g/mol. The molecule has 0 unspecified atom stereocenters. The number of hydrogen-bond donors (Lipinski definition) is 1. The van der Waals surface area contributed by atoms with E-state index in [4.69, 9.17) is 13.6 Å². The number of aryl methyl sites for hydroxylation is 1. The van der Waals surface area contributed by atoms with E-state index >= 15 is 0 Å². The molecule has 14 heavy (non-hydrogen) atoms. The monoisotopic (exact) mass is 203 g/mol. The van der Waals surface area contributed by atoms with Crippen LogP contribution in [0.15, 0.2) is 6.07 Å². The van der Waals surface area contributed by atoms with Gasteiger partial charge in [-0.05, 0) is 24.0 Å². The van der Waals surface area contributed by atoms with Crippen molar-refractivity contribution in [1.29, 1.82) is 0 Å². The zero-order chi connectivity index (χ0) is 11.1. The van der Waals surface area contributed by atoms with Crippen LogP contribution in [0.4, 0.5) is 23.2 Å². The van der Waals surface area contributed by atoms with Gasteiger partial charge in [-0.25, -0.2) is 4.39 Å². The second kappa shape index (κ2) is 3.18. The number of hydrogen-bond acceptors (Lipinski definition) is 1. The highest BCUT2D eigenvalue weighted by Gasteiger charge is 2.35. The summed E-state index contributed by atoms with van der Waals surface area (Å²) in [6.45, 7) is 1.18. The minimum atomic E-state index is -4.66. The van der Waals surface area contributed by atoms with E-state index in [1.165, 1.54) is 6.92 Å². The van der Waals surface area contributed by atoms with E-state index in [0.717, 1.165) is 6.07 Å². The van der Waals surface area contributed by atoms with E-state index < -0.39 is 23.0 Å². The molecule has 0 bridgehead atoms. The first-order valence-electron chi connectivity index (χ1n) is 3.66. The zero-order valence-electron chi connectivity index (χ0n) is 7.24. The second-order valence-corrected chi connectivity index (χ2v) is 2.88. The van der Waals surface area contributed by atoms with Crippen LogP contribution in [0.5, 0.6) is 0 Å². The van der Waals surface area contributed by atoms with Crippen molar-refractivity contribution in [2.75, 3.05) is 5.73 Å². The van der Waals surface area contributed by atoms with Crippen LogP contribution in [0.1, 0.15) is 11.1 Å². The molecule has 0 aliphatic carbocycles.